The molecule has 1 N–H and O–H groups in total. The molecule has 0 spiro atoms. The number of hydrogen-bond acceptors (Lipinski definition) is 3. The molecule has 1 heterocycles. The molecular formula is C12H14FNO2. The average Bonchev–Trinajstić information content (AvgIpc) is 2.77. The van der Waals surface area contributed by atoms with Gasteiger partial charge in [-0.15, -0.1) is 0 Å². The largest absolute Gasteiger partial charge is 0.468 e. The molecule has 0 unspecified atom stereocenters. The SMILES string of the molecule is COC(=O)[C@H]1NCC[C@@H]1c1ccccc1F. The lowest BCUT2D eigenvalue weighted by Crippen LogP contribution is -2.35. The minimum Gasteiger partial charge on any atom is -0.468 e. The summed E-state index contributed by atoms with van der Waals surface area (Å²) < 4.78 is 18.3. The highest BCUT2D eigenvalue weighted by Crippen LogP contribution is 2.29. The van der Waals surface area contributed by atoms with Crippen molar-refractivity contribution in [3.63, 3.8) is 0 Å². The number of rotatable bonds is 2. The van der Waals surface area contributed by atoms with Crippen LogP contribution in [0.5, 0.6) is 0 Å². The Morgan fingerprint density at radius 2 is 2.25 bits per heavy atom. The molecule has 4 heteroatoms. The molecule has 1 aromatic carbocycles. The van der Waals surface area contributed by atoms with E-state index < -0.39 is 6.04 Å². The van der Waals surface area contributed by atoms with Crippen LogP contribution < -0.4 is 5.32 Å². The first-order chi connectivity index (χ1) is 7.74. The van der Waals surface area contributed by atoms with Crippen molar-refractivity contribution in [2.75, 3.05) is 13.7 Å². The molecule has 0 aromatic heterocycles. The van der Waals surface area contributed by atoms with Gasteiger partial charge in [0.15, 0.2) is 0 Å². The van der Waals surface area contributed by atoms with E-state index in [-0.39, 0.29) is 17.7 Å². The zero-order chi connectivity index (χ0) is 11.5. The minimum absolute atomic E-state index is 0.131. The van der Waals surface area contributed by atoms with E-state index in [1.807, 2.05) is 0 Å². The Morgan fingerprint density at radius 3 is 2.94 bits per heavy atom. The summed E-state index contributed by atoms with van der Waals surface area (Å²) in [6.07, 6.45) is 0.751. The highest BCUT2D eigenvalue weighted by molar-refractivity contribution is 5.77. The summed E-state index contributed by atoms with van der Waals surface area (Å²) >= 11 is 0. The van der Waals surface area contributed by atoms with E-state index in [0.717, 1.165) is 6.42 Å². The lowest BCUT2D eigenvalue weighted by Gasteiger charge is -2.17. The van der Waals surface area contributed by atoms with Gasteiger partial charge in [-0.3, -0.25) is 4.79 Å². The van der Waals surface area contributed by atoms with Gasteiger partial charge in [-0.05, 0) is 24.6 Å². The maximum Gasteiger partial charge on any atom is 0.323 e. The van der Waals surface area contributed by atoms with Gasteiger partial charge in [0.05, 0.1) is 7.11 Å². The van der Waals surface area contributed by atoms with Crippen molar-refractivity contribution in [2.45, 2.75) is 18.4 Å². The molecule has 86 valence electrons. The Morgan fingerprint density at radius 1 is 1.50 bits per heavy atom. The molecule has 0 bridgehead atoms. The number of esters is 1. The van der Waals surface area contributed by atoms with Crippen molar-refractivity contribution in [1.29, 1.82) is 0 Å². The van der Waals surface area contributed by atoms with Crippen LogP contribution in [0.25, 0.3) is 0 Å². The van der Waals surface area contributed by atoms with Gasteiger partial charge < -0.3 is 10.1 Å². The van der Waals surface area contributed by atoms with Gasteiger partial charge in [0.1, 0.15) is 11.9 Å². The van der Waals surface area contributed by atoms with Crippen molar-refractivity contribution in [2.24, 2.45) is 0 Å². The molecule has 0 saturated carbocycles. The second-order valence-electron chi connectivity index (χ2n) is 3.87. The van der Waals surface area contributed by atoms with Crippen molar-refractivity contribution >= 4 is 5.97 Å². The van der Waals surface area contributed by atoms with Crippen LogP contribution in [0.2, 0.25) is 0 Å². The summed E-state index contributed by atoms with van der Waals surface area (Å²) in [4.78, 5) is 11.5. The summed E-state index contributed by atoms with van der Waals surface area (Å²) in [5.41, 5.74) is 0.586. The zero-order valence-electron chi connectivity index (χ0n) is 9.07. The fraction of sp³-hybridized carbons (Fsp3) is 0.417. The average molecular weight is 223 g/mol. The van der Waals surface area contributed by atoms with Crippen molar-refractivity contribution < 1.29 is 13.9 Å². The van der Waals surface area contributed by atoms with Crippen LogP contribution in [0.4, 0.5) is 4.39 Å². The second kappa shape index (κ2) is 4.61. The number of carbonyl (C=O) groups is 1. The van der Waals surface area contributed by atoms with E-state index in [9.17, 15) is 9.18 Å². The Bertz CT molecular complexity index is 394. The molecule has 1 aliphatic rings. The Balaban J connectivity index is 2.27. The third kappa shape index (κ3) is 1.93. The smallest absolute Gasteiger partial charge is 0.323 e. The summed E-state index contributed by atoms with van der Waals surface area (Å²) in [5.74, 6) is -0.718. The summed E-state index contributed by atoms with van der Waals surface area (Å²) in [7, 11) is 1.35. The van der Waals surface area contributed by atoms with Crippen LogP contribution >= 0.6 is 0 Å². The number of benzene rings is 1. The lowest BCUT2D eigenvalue weighted by molar-refractivity contribution is -0.143. The monoisotopic (exact) mass is 223 g/mol. The highest BCUT2D eigenvalue weighted by Gasteiger charge is 2.35. The van der Waals surface area contributed by atoms with E-state index in [2.05, 4.69) is 5.32 Å². The van der Waals surface area contributed by atoms with E-state index in [1.54, 1.807) is 18.2 Å². The first kappa shape index (κ1) is 11.1. The van der Waals surface area contributed by atoms with Crippen LogP contribution in [-0.4, -0.2) is 25.7 Å². The fourth-order valence-corrected chi connectivity index (χ4v) is 2.19. The topological polar surface area (TPSA) is 38.3 Å². The van der Waals surface area contributed by atoms with E-state index in [1.165, 1.54) is 13.2 Å². The summed E-state index contributed by atoms with van der Waals surface area (Å²) in [6.45, 7) is 0.707. The predicted octanol–water partition coefficient (Wildman–Crippen LogP) is 1.44. The quantitative estimate of drug-likeness (QED) is 0.771. The molecule has 2 rings (SSSR count). The van der Waals surface area contributed by atoms with Crippen LogP contribution in [0, 0.1) is 5.82 Å². The van der Waals surface area contributed by atoms with Gasteiger partial charge >= 0.3 is 5.97 Å². The molecule has 0 aliphatic carbocycles. The Kier molecular flexibility index (Phi) is 3.19. The first-order valence-corrected chi connectivity index (χ1v) is 5.29. The van der Waals surface area contributed by atoms with Gasteiger partial charge in [-0.2, -0.15) is 0 Å². The normalized spacial score (nSPS) is 24.4. The highest BCUT2D eigenvalue weighted by atomic mass is 19.1. The van der Waals surface area contributed by atoms with Crippen LogP contribution in [0.1, 0.15) is 17.9 Å². The van der Waals surface area contributed by atoms with Crippen molar-refractivity contribution in [3.8, 4) is 0 Å². The maximum absolute atomic E-state index is 13.6. The Labute approximate surface area is 93.6 Å². The molecule has 1 fully saturated rings. The molecule has 16 heavy (non-hydrogen) atoms. The van der Waals surface area contributed by atoms with Crippen LogP contribution in [0.15, 0.2) is 24.3 Å². The van der Waals surface area contributed by atoms with Gasteiger partial charge in [-0.1, -0.05) is 18.2 Å². The minimum atomic E-state index is -0.429. The van der Waals surface area contributed by atoms with Crippen molar-refractivity contribution in [3.05, 3.63) is 35.6 Å². The molecule has 1 aliphatic heterocycles. The molecule has 0 radical (unpaired) electrons. The number of ether oxygens (including phenoxy) is 1. The van der Waals surface area contributed by atoms with E-state index >= 15 is 0 Å². The van der Waals surface area contributed by atoms with E-state index in [0.29, 0.717) is 12.1 Å². The zero-order valence-corrected chi connectivity index (χ0v) is 9.07. The lowest BCUT2D eigenvalue weighted by atomic mass is 9.91. The number of halogens is 1. The predicted molar refractivity (Wildman–Crippen MR) is 57.6 cm³/mol. The number of nitrogens with one attached hydrogen (secondary N) is 1. The third-order valence-electron chi connectivity index (χ3n) is 2.98. The molecule has 1 saturated heterocycles. The van der Waals surface area contributed by atoms with Gasteiger partial charge in [0.2, 0.25) is 0 Å². The molecule has 1 aromatic rings. The number of hydrogen-bond donors (Lipinski definition) is 1. The molecule has 3 nitrogen and oxygen atoms in total. The molecule has 0 amide bonds. The maximum atomic E-state index is 13.6. The van der Waals surface area contributed by atoms with Crippen LogP contribution in [0.3, 0.4) is 0 Å². The number of carbonyl (C=O) groups excluding carboxylic acids is 1. The van der Waals surface area contributed by atoms with Crippen LogP contribution in [-0.2, 0) is 9.53 Å². The van der Waals surface area contributed by atoms with Gasteiger partial charge in [-0.25, -0.2) is 4.39 Å². The summed E-state index contributed by atoms with van der Waals surface area (Å²) in [6, 6.07) is 6.14. The Hall–Kier alpha value is -1.42. The van der Waals surface area contributed by atoms with Gasteiger partial charge in [0, 0.05) is 5.92 Å². The van der Waals surface area contributed by atoms with E-state index in [4.69, 9.17) is 4.74 Å². The van der Waals surface area contributed by atoms with Gasteiger partial charge in [0.25, 0.3) is 0 Å². The third-order valence-corrected chi connectivity index (χ3v) is 2.98. The fourth-order valence-electron chi connectivity index (χ4n) is 2.19. The standard InChI is InChI=1S/C12H14FNO2/c1-16-12(15)11-9(6-7-14-11)8-4-2-3-5-10(8)13/h2-5,9,11,14H,6-7H2,1H3/t9-,11+/m1/s1. The summed E-state index contributed by atoms with van der Waals surface area (Å²) in [5, 5.41) is 3.04. The first-order valence-electron chi connectivity index (χ1n) is 5.29. The van der Waals surface area contributed by atoms with Crippen molar-refractivity contribution in [1.82, 2.24) is 5.32 Å². The molecular weight excluding hydrogens is 209 g/mol. The number of methoxy groups -OCH3 is 1. The second-order valence-corrected chi connectivity index (χ2v) is 3.87. The molecule has 2 atom stereocenters.